The summed E-state index contributed by atoms with van der Waals surface area (Å²) in [6.07, 6.45) is -0.0980. The minimum Gasteiger partial charge on any atom is -0.388 e. The molecular formula is C18H36ClN2O9PS. The molecule has 0 aromatic carbocycles. The van der Waals surface area contributed by atoms with Gasteiger partial charge in [-0.3, -0.25) is 9.69 Å². The Morgan fingerprint density at radius 3 is 2.28 bits per heavy atom. The number of nitrogens with zero attached hydrogens (tertiary/aromatic N) is 1. The van der Waals surface area contributed by atoms with Crippen molar-refractivity contribution in [2.75, 3.05) is 19.8 Å². The summed E-state index contributed by atoms with van der Waals surface area (Å²) in [6, 6.07) is -0.934. The number of likely N-dealkylation sites (tertiary alicyclic amines) is 1. The minimum atomic E-state index is -4.64. The Morgan fingerprint density at radius 2 is 1.81 bits per heavy atom. The molecule has 2 fully saturated rings. The average molecular weight is 523 g/mol. The number of rotatable bonds is 7. The van der Waals surface area contributed by atoms with Crippen molar-refractivity contribution in [3.05, 3.63) is 0 Å². The van der Waals surface area contributed by atoms with Crippen LogP contribution in [0, 0.1) is 5.92 Å². The first-order chi connectivity index (χ1) is 14.7. The quantitative estimate of drug-likeness (QED) is 0.168. The molecule has 2 rings (SSSR count). The average Bonchev–Trinajstić information content (AvgIpc) is 3.04. The number of carbonyl (C=O) groups is 1. The predicted octanol–water partition coefficient (Wildman–Crippen LogP) is -0.539. The van der Waals surface area contributed by atoms with Crippen LogP contribution in [0.2, 0.25) is 0 Å². The van der Waals surface area contributed by atoms with Crippen LogP contribution in [0.5, 0.6) is 0 Å². The van der Waals surface area contributed by atoms with Gasteiger partial charge in [-0.05, 0) is 39.0 Å². The van der Waals surface area contributed by atoms with Crippen LogP contribution >= 0.6 is 31.2 Å². The zero-order chi connectivity index (χ0) is 24.8. The molecule has 11 nitrogen and oxygen atoms in total. The maximum absolute atomic E-state index is 12.9. The number of ether oxygens (including phenoxy) is 1. The number of phosphoric acid groups is 1. The molecule has 0 aromatic heterocycles. The van der Waals surface area contributed by atoms with E-state index >= 15 is 0 Å². The van der Waals surface area contributed by atoms with Gasteiger partial charge in [0.05, 0.1) is 17.5 Å². The number of hydrogen-bond acceptors (Lipinski definition) is 8. The summed E-state index contributed by atoms with van der Waals surface area (Å²) in [5.41, 5.74) is -0.702. The maximum Gasteiger partial charge on any atom is 0.466 e. The van der Waals surface area contributed by atoms with Crippen molar-refractivity contribution < 1.29 is 44.1 Å². The van der Waals surface area contributed by atoms with Gasteiger partial charge >= 0.3 is 7.82 Å². The fourth-order valence-corrected chi connectivity index (χ4v) is 5.00. The lowest BCUT2D eigenvalue weighted by molar-refractivity contribution is -0.205. The van der Waals surface area contributed by atoms with E-state index in [1.165, 1.54) is 11.8 Å². The van der Waals surface area contributed by atoms with Gasteiger partial charge in [0.1, 0.15) is 29.9 Å². The third-order valence-electron chi connectivity index (χ3n) is 5.63. The molecule has 2 heterocycles. The summed E-state index contributed by atoms with van der Waals surface area (Å²) < 4.78 is 14.7. The van der Waals surface area contributed by atoms with Crippen molar-refractivity contribution in [3.63, 3.8) is 0 Å². The zero-order valence-corrected chi connectivity index (χ0v) is 21.1. The number of likely N-dealkylation sites (N-methyl/N-ethyl adjacent to an activating group) is 1. The Labute approximate surface area is 197 Å². The summed E-state index contributed by atoms with van der Waals surface area (Å²) >= 11 is 7.55. The van der Waals surface area contributed by atoms with E-state index in [2.05, 4.69) is 12.2 Å². The first kappa shape index (κ1) is 30.1. The molecule has 0 aliphatic carbocycles. The van der Waals surface area contributed by atoms with Crippen LogP contribution in [-0.2, 0) is 14.1 Å². The molecule has 1 amide bonds. The van der Waals surface area contributed by atoms with Gasteiger partial charge in [-0.15, -0.1) is 23.4 Å². The van der Waals surface area contributed by atoms with Gasteiger partial charge in [0, 0.05) is 6.54 Å². The molecule has 0 radical (unpaired) electrons. The number of nitrogens with one attached hydrogen (secondary N) is 1. The van der Waals surface area contributed by atoms with Crippen molar-refractivity contribution in [1.82, 2.24) is 10.2 Å². The lowest BCUT2D eigenvalue weighted by Gasteiger charge is -2.44. The number of aliphatic hydroxyl groups is 3. The van der Waals surface area contributed by atoms with Crippen LogP contribution in [0.4, 0.5) is 0 Å². The Morgan fingerprint density at radius 1 is 1.25 bits per heavy atom. The van der Waals surface area contributed by atoms with Crippen LogP contribution in [0.15, 0.2) is 0 Å². The first-order valence-corrected chi connectivity index (χ1v) is 13.7. The van der Waals surface area contributed by atoms with Gasteiger partial charge in [0.25, 0.3) is 0 Å². The van der Waals surface area contributed by atoms with Crippen LogP contribution < -0.4 is 5.32 Å². The number of hydrogen-bond donors (Lipinski definition) is 7. The van der Waals surface area contributed by atoms with Crippen molar-refractivity contribution in [3.8, 4) is 0 Å². The van der Waals surface area contributed by atoms with E-state index in [4.69, 9.17) is 35.6 Å². The first-order valence-electron chi connectivity index (χ1n) is 10.4. The van der Waals surface area contributed by atoms with Gasteiger partial charge in [0.15, 0.2) is 0 Å². The van der Waals surface area contributed by atoms with E-state index in [-0.39, 0.29) is 11.9 Å². The number of amides is 1. The van der Waals surface area contributed by atoms with E-state index in [1.807, 2.05) is 11.9 Å². The smallest absolute Gasteiger partial charge is 0.388 e. The number of carbonyl (C=O) groups excluding carboxylic acids is 1. The molecular weight excluding hydrogens is 487 g/mol. The Kier molecular flexibility index (Phi) is 12.4. The van der Waals surface area contributed by atoms with Crippen molar-refractivity contribution in [1.29, 1.82) is 0 Å². The van der Waals surface area contributed by atoms with Crippen LogP contribution in [-0.4, -0.2) is 108 Å². The molecule has 190 valence electrons. The summed E-state index contributed by atoms with van der Waals surface area (Å²) in [4.78, 5) is 36.5. The molecule has 2 aliphatic rings. The standard InChI is InChI=1S/C18H33ClN2O5S.H3O4P/c1-5-6-10-7-11(21(3)8-10)17(25)20-12(9(2)19)16-14(23)13(22)15(24)18(26-16)27-4;1-5(2,3)4/h9-16,18,22-24H,5-8H2,1-4H3,(H,20,25);(H3,1,2,3,4). The number of alkyl halides is 1. The predicted molar refractivity (Wildman–Crippen MR) is 121 cm³/mol. The minimum absolute atomic E-state index is 0.147. The molecule has 32 heavy (non-hydrogen) atoms. The third-order valence-corrected chi connectivity index (χ3v) is 6.76. The second-order valence-electron chi connectivity index (χ2n) is 8.25. The van der Waals surface area contributed by atoms with Gasteiger partial charge in [0.2, 0.25) is 5.91 Å². The molecule has 0 saturated carbocycles. The van der Waals surface area contributed by atoms with Gasteiger partial charge in [-0.2, -0.15) is 0 Å². The number of thioether (sulfide) groups is 1. The summed E-state index contributed by atoms with van der Waals surface area (Å²) in [6.45, 7) is 4.74. The molecule has 9 atom stereocenters. The molecule has 0 bridgehead atoms. The fraction of sp³-hybridized carbons (Fsp3) is 0.944. The van der Waals surface area contributed by atoms with Crippen LogP contribution in [0.1, 0.15) is 33.1 Å². The molecule has 0 spiro atoms. The Balaban J connectivity index is 0.000000920. The van der Waals surface area contributed by atoms with Gasteiger partial charge < -0.3 is 40.1 Å². The van der Waals surface area contributed by atoms with Crippen molar-refractivity contribution >= 4 is 37.1 Å². The Hall–Kier alpha value is 0.0200. The molecule has 0 aromatic rings. The molecule has 2 saturated heterocycles. The number of aliphatic hydroxyl groups excluding tert-OH is 3. The van der Waals surface area contributed by atoms with Crippen LogP contribution in [0.3, 0.4) is 0 Å². The normalized spacial score (nSPS) is 35.5. The number of halogens is 1. The summed E-state index contributed by atoms with van der Waals surface area (Å²) in [5, 5.41) is 33.0. The maximum atomic E-state index is 12.9. The molecule has 7 N–H and O–H groups in total. The third kappa shape index (κ3) is 8.99. The highest BCUT2D eigenvalue weighted by Crippen LogP contribution is 2.31. The van der Waals surface area contributed by atoms with Crippen LogP contribution in [0.25, 0.3) is 0 Å². The van der Waals surface area contributed by atoms with E-state index in [0.717, 1.165) is 25.8 Å². The molecule has 2 aliphatic heterocycles. The van der Waals surface area contributed by atoms with Gasteiger partial charge in [-0.1, -0.05) is 13.3 Å². The van der Waals surface area contributed by atoms with E-state index < -0.39 is 49.1 Å². The highest BCUT2D eigenvalue weighted by Gasteiger charge is 2.48. The lowest BCUT2D eigenvalue weighted by atomic mass is 9.92. The monoisotopic (exact) mass is 522 g/mol. The fourth-order valence-electron chi connectivity index (χ4n) is 4.11. The van der Waals surface area contributed by atoms with Crippen molar-refractivity contribution in [2.45, 2.75) is 80.4 Å². The summed E-state index contributed by atoms with van der Waals surface area (Å²) in [5.74, 6) is 0.350. The van der Waals surface area contributed by atoms with E-state index in [9.17, 15) is 20.1 Å². The second kappa shape index (κ2) is 13.2. The second-order valence-corrected chi connectivity index (χ2v) is 10.9. The molecule has 9 unspecified atom stereocenters. The topological polar surface area (TPSA) is 180 Å². The van der Waals surface area contributed by atoms with E-state index in [1.54, 1.807) is 13.2 Å². The molecule has 14 heteroatoms. The summed E-state index contributed by atoms with van der Waals surface area (Å²) in [7, 11) is -2.70. The van der Waals surface area contributed by atoms with Crippen molar-refractivity contribution in [2.24, 2.45) is 5.92 Å². The highest BCUT2D eigenvalue weighted by atomic mass is 35.5. The largest absolute Gasteiger partial charge is 0.466 e. The highest BCUT2D eigenvalue weighted by molar-refractivity contribution is 7.99. The SMILES string of the molecule is CCCC1CC(C(=O)NC(C(C)Cl)C2OC(SC)C(O)C(O)C2O)N(C)C1.O=P(O)(O)O. The lowest BCUT2D eigenvalue weighted by Crippen LogP contribution is -2.65. The Bertz CT molecular complexity index is 633. The zero-order valence-electron chi connectivity index (χ0n) is 18.6. The van der Waals surface area contributed by atoms with E-state index in [0.29, 0.717) is 5.92 Å². The van der Waals surface area contributed by atoms with Gasteiger partial charge in [-0.25, -0.2) is 4.57 Å².